The number of amides is 5. The molecule has 0 aromatic heterocycles. The van der Waals surface area contributed by atoms with Crippen LogP contribution in [0.25, 0.3) is 0 Å². The highest BCUT2D eigenvalue weighted by molar-refractivity contribution is 5.96. The lowest BCUT2D eigenvalue weighted by Gasteiger charge is -2.23. The first kappa shape index (κ1) is 27.0. The van der Waals surface area contributed by atoms with Gasteiger partial charge in [-0.25, -0.2) is 0 Å². The maximum Gasteiger partial charge on any atom is 0.322 e. The van der Waals surface area contributed by atoms with Crippen LogP contribution in [0.15, 0.2) is 30.3 Å². The monoisotopic (exact) mass is 464 g/mol. The molecule has 1 aromatic carbocycles. The highest BCUT2D eigenvalue weighted by atomic mass is 16.4. The highest BCUT2D eigenvalue weighted by Crippen LogP contribution is 2.04. The molecule has 0 saturated heterocycles. The molecular weight excluding hydrogens is 436 g/mol. The van der Waals surface area contributed by atoms with Crippen molar-refractivity contribution in [2.45, 2.75) is 43.8 Å². The van der Waals surface area contributed by atoms with Crippen LogP contribution in [0.4, 0.5) is 0 Å². The standard InChI is InChI=1S/C20H28N6O7/c21-12(8-11-4-2-1-3-5-11)18(31)26-14(9-16(23)28)20(33)25-13(6-7-15(22)27)19(32)24-10-17(29)30/h1-5,12-14H,6-10,21H2,(H2,22,27)(H2,23,28)(H,24,32)(H,25,33)(H,26,31)(H,29,30). The molecule has 1 aromatic rings. The summed E-state index contributed by atoms with van der Waals surface area (Å²) in [6.45, 7) is -0.725. The molecule has 3 atom stereocenters. The third-order valence-corrected chi connectivity index (χ3v) is 4.40. The van der Waals surface area contributed by atoms with Gasteiger partial charge in [-0.15, -0.1) is 0 Å². The van der Waals surface area contributed by atoms with Crippen molar-refractivity contribution < 1.29 is 33.9 Å². The maximum absolute atomic E-state index is 12.7. The van der Waals surface area contributed by atoms with Crippen LogP contribution >= 0.6 is 0 Å². The molecule has 10 N–H and O–H groups in total. The summed E-state index contributed by atoms with van der Waals surface area (Å²) < 4.78 is 0. The molecule has 0 saturated carbocycles. The Kier molecular flexibility index (Phi) is 11.0. The van der Waals surface area contributed by atoms with Crippen LogP contribution in [-0.2, 0) is 35.2 Å². The number of carbonyl (C=O) groups is 6. The molecule has 0 aliphatic rings. The molecule has 0 aliphatic heterocycles. The van der Waals surface area contributed by atoms with E-state index in [1.54, 1.807) is 30.3 Å². The average molecular weight is 464 g/mol. The lowest BCUT2D eigenvalue weighted by atomic mass is 10.0. The molecule has 0 bridgehead atoms. The lowest BCUT2D eigenvalue weighted by molar-refractivity contribution is -0.139. The van der Waals surface area contributed by atoms with Crippen molar-refractivity contribution in [3.05, 3.63) is 35.9 Å². The topological polar surface area (TPSA) is 237 Å². The number of carbonyl (C=O) groups excluding carboxylic acids is 5. The first-order chi connectivity index (χ1) is 15.5. The summed E-state index contributed by atoms with van der Waals surface area (Å²) in [5.74, 6) is -5.56. The second-order valence-electron chi connectivity index (χ2n) is 7.21. The Hall–Kier alpha value is -4.00. The van der Waals surface area contributed by atoms with E-state index in [-0.39, 0.29) is 19.3 Å². The van der Waals surface area contributed by atoms with E-state index in [0.29, 0.717) is 0 Å². The average Bonchev–Trinajstić information content (AvgIpc) is 2.74. The van der Waals surface area contributed by atoms with Crippen LogP contribution < -0.4 is 33.2 Å². The van der Waals surface area contributed by atoms with Crippen LogP contribution in [0.2, 0.25) is 0 Å². The van der Waals surface area contributed by atoms with Gasteiger partial charge >= 0.3 is 5.97 Å². The number of carboxylic acid groups (broad SMARTS) is 1. The third kappa shape index (κ3) is 10.7. The minimum Gasteiger partial charge on any atom is -0.480 e. The van der Waals surface area contributed by atoms with Gasteiger partial charge in [-0.2, -0.15) is 0 Å². The minimum absolute atomic E-state index is 0.163. The smallest absolute Gasteiger partial charge is 0.322 e. The molecule has 5 amide bonds. The first-order valence-electron chi connectivity index (χ1n) is 9.96. The number of benzene rings is 1. The molecular formula is C20H28N6O7. The molecule has 33 heavy (non-hydrogen) atoms. The molecule has 13 nitrogen and oxygen atoms in total. The third-order valence-electron chi connectivity index (χ3n) is 4.40. The fourth-order valence-corrected chi connectivity index (χ4v) is 2.76. The summed E-state index contributed by atoms with van der Waals surface area (Å²) in [6, 6.07) is 5.01. The summed E-state index contributed by atoms with van der Waals surface area (Å²) in [7, 11) is 0. The van der Waals surface area contributed by atoms with Crippen LogP contribution in [0.5, 0.6) is 0 Å². The van der Waals surface area contributed by atoms with E-state index in [0.717, 1.165) is 5.56 Å². The van der Waals surface area contributed by atoms with Gasteiger partial charge < -0.3 is 38.3 Å². The van der Waals surface area contributed by atoms with Crippen LogP contribution in [0.1, 0.15) is 24.8 Å². The van der Waals surface area contributed by atoms with E-state index >= 15 is 0 Å². The number of hydrogen-bond donors (Lipinski definition) is 7. The van der Waals surface area contributed by atoms with Gasteiger partial charge in [0.15, 0.2) is 0 Å². The summed E-state index contributed by atoms with van der Waals surface area (Å²) in [4.78, 5) is 70.6. The van der Waals surface area contributed by atoms with E-state index in [4.69, 9.17) is 22.3 Å². The van der Waals surface area contributed by atoms with Gasteiger partial charge in [-0.3, -0.25) is 28.8 Å². The number of carboxylic acids is 1. The molecule has 0 heterocycles. The number of primary amides is 2. The predicted molar refractivity (Wildman–Crippen MR) is 115 cm³/mol. The zero-order chi connectivity index (χ0) is 25.0. The second-order valence-corrected chi connectivity index (χ2v) is 7.21. The minimum atomic E-state index is -1.46. The Labute approximate surface area is 189 Å². The SMILES string of the molecule is NC(=O)CCC(NC(=O)C(CC(N)=O)NC(=O)C(N)Cc1ccccc1)C(=O)NCC(=O)O. The summed E-state index contributed by atoms with van der Waals surface area (Å²) in [5.41, 5.74) is 16.9. The van der Waals surface area contributed by atoms with Crippen molar-refractivity contribution in [1.82, 2.24) is 16.0 Å². The Bertz CT molecular complexity index is 877. The fraction of sp³-hybridized carbons (Fsp3) is 0.400. The summed E-state index contributed by atoms with van der Waals surface area (Å²) in [6.07, 6.45) is -0.956. The van der Waals surface area contributed by atoms with Gasteiger partial charge in [0.05, 0.1) is 12.5 Å². The fourth-order valence-electron chi connectivity index (χ4n) is 2.76. The Morgan fingerprint density at radius 2 is 1.45 bits per heavy atom. The van der Waals surface area contributed by atoms with Crippen LogP contribution in [0, 0.1) is 0 Å². The molecule has 1 rings (SSSR count). The van der Waals surface area contributed by atoms with E-state index in [1.807, 2.05) is 0 Å². The summed E-state index contributed by atoms with van der Waals surface area (Å²) >= 11 is 0. The van der Waals surface area contributed by atoms with Crippen molar-refractivity contribution in [3.8, 4) is 0 Å². The van der Waals surface area contributed by atoms with E-state index in [9.17, 15) is 28.8 Å². The van der Waals surface area contributed by atoms with E-state index in [2.05, 4.69) is 16.0 Å². The molecule has 0 spiro atoms. The second kappa shape index (κ2) is 13.4. The van der Waals surface area contributed by atoms with Crippen molar-refractivity contribution in [2.24, 2.45) is 17.2 Å². The van der Waals surface area contributed by atoms with Crippen molar-refractivity contribution >= 4 is 35.5 Å². The van der Waals surface area contributed by atoms with E-state index in [1.165, 1.54) is 0 Å². The van der Waals surface area contributed by atoms with Gasteiger partial charge in [-0.05, 0) is 18.4 Å². The lowest BCUT2D eigenvalue weighted by Crippen LogP contribution is -2.57. The van der Waals surface area contributed by atoms with Gasteiger partial charge in [0.25, 0.3) is 0 Å². The zero-order valence-electron chi connectivity index (χ0n) is 17.8. The molecule has 0 fully saturated rings. The van der Waals surface area contributed by atoms with Gasteiger partial charge in [0, 0.05) is 6.42 Å². The van der Waals surface area contributed by atoms with Crippen LogP contribution in [-0.4, -0.2) is 65.3 Å². The molecule has 13 heteroatoms. The number of rotatable bonds is 14. The highest BCUT2D eigenvalue weighted by Gasteiger charge is 2.29. The number of hydrogen-bond acceptors (Lipinski definition) is 7. The van der Waals surface area contributed by atoms with E-state index < -0.39 is 66.6 Å². The first-order valence-corrected chi connectivity index (χ1v) is 9.96. The van der Waals surface area contributed by atoms with Crippen molar-refractivity contribution in [3.63, 3.8) is 0 Å². The number of aliphatic carboxylic acids is 1. The predicted octanol–water partition coefficient (Wildman–Crippen LogP) is -3.13. The van der Waals surface area contributed by atoms with Gasteiger partial charge in [0.1, 0.15) is 18.6 Å². The van der Waals surface area contributed by atoms with Gasteiger partial charge in [0.2, 0.25) is 29.5 Å². The maximum atomic E-state index is 12.7. The van der Waals surface area contributed by atoms with Crippen LogP contribution in [0.3, 0.4) is 0 Å². The Morgan fingerprint density at radius 3 is 2.00 bits per heavy atom. The summed E-state index contributed by atoms with van der Waals surface area (Å²) in [5, 5.41) is 15.4. The van der Waals surface area contributed by atoms with Gasteiger partial charge in [-0.1, -0.05) is 30.3 Å². The molecule has 3 unspecified atom stereocenters. The molecule has 0 aliphatic carbocycles. The molecule has 180 valence electrons. The Morgan fingerprint density at radius 1 is 0.848 bits per heavy atom. The number of nitrogens with one attached hydrogen (secondary N) is 3. The number of nitrogens with two attached hydrogens (primary N) is 3. The Balaban J connectivity index is 2.88. The quantitative estimate of drug-likeness (QED) is 0.148. The normalized spacial score (nSPS) is 13.1. The molecule has 0 radical (unpaired) electrons. The zero-order valence-corrected chi connectivity index (χ0v) is 17.8. The van der Waals surface area contributed by atoms with Crippen molar-refractivity contribution in [2.75, 3.05) is 6.54 Å². The largest absolute Gasteiger partial charge is 0.480 e. The van der Waals surface area contributed by atoms with Crippen molar-refractivity contribution in [1.29, 1.82) is 0 Å².